The second-order valence-corrected chi connectivity index (χ2v) is 9.93. The highest BCUT2D eigenvalue weighted by atomic mass is 32.1. The van der Waals surface area contributed by atoms with Gasteiger partial charge < -0.3 is 25.0 Å². The van der Waals surface area contributed by atoms with E-state index in [0.29, 0.717) is 5.56 Å². The number of hydrogen-bond donors (Lipinski definition) is 3. The Balaban J connectivity index is 3.28. The number of carbonyl (C=O) groups is 4. The lowest BCUT2D eigenvalue weighted by Crippen LogP contribution is -2.55. The average Bonchev–Trinajstić information content (AvgIpc) is 2.79. The fraction of sp³-hybridized carbons (Fsp3) is 0.615. The first-order valence-corrected chi connectivity index (χ1v) is 12.9. The maximum absolute atomic E-state index is 13.7. The molecule has 0 saturated heterocycles. The first kappa shape index (κ1) is 31.3. The van der Waals surface area contributed by atoms with Crippen LogP contribution in [0.4, 0.5) is 4.79 Å². The zero-order valence-electron chi connectivity index (χ0n) is 22.4. The zero-order chi connectivity index (χ0) is 27.5. The predicted octanol–water partition coefficient (Wildman–Crippen LogP) is 3.42. The number of ether oxygens (including phenoxy) is 2. The van der Waals surface area contributed by atoms with E-state index in [9.17, 15) is 19.2 Å². The minimum absolute atomic E-state index is 0.00721. The molecule has 0 aromatic heterocycles. The summed E-state index contributed by atoms with van der Waals surface area (Å²) in [4.78, 5) is 52.6. The van der Waals surface area contributed by atoms with E-state index in [-0.39, 0.29) is 25.3 Å². The molecule has 1 rings (SSSR count). The molecule has 0 aliphatic carbocycles. The molecule has 0 heterocycles. The quantitative estimate of drug-likeness (QED) is 0.286. The monoisotopic (exact) mass is 523 g/mol. The lowest BCUT2D eigenvalue weighted by atomic mass is 9.99. The Bertz CT molecular complexity index is 883. The fourth-order valence-corrected chi connectivity index (χ4v) is 3.73. The van der Waals surface area contributed by atoms with Crippen LogP contribution in [-0.2, 0) is 30.3 Å². The first-order valence-electron chi connectivity index (χ1n) is 12.3. The van der Waals surface area contributed by atoms with Crippen molar-refractivity contribution in [3.05, 3.63) is 35.4 Å². The number of rotatable bonds is 12. The van der Waals surface area contributed by atoms with Gasteiger partial charge in [-0.2, -0.15) is 12.6 Å². The van der Waals surface area contributed by atoms with Crippen molar-refractivity contribution in [1.82, 2.24) is 15.5 Å². The normalized spacial score (nSPS) is 12.9. The van der Waals surface area contributed by atoms with Crippen LogP contribution in [0.15, 0.2) is 24.3 Å². The summed E-state index contributed by atoms with van der Waals surface area (Å²) in [7, 11) is 0. The summed E-state index contributed by atoms with van der Waals surface area (Å²) in [6.45, 7) is 12.8. The van der Waals surface area contributed by atoms with Crippen LogP contribution < -0.4 is 10.6 Å². The van der Waals surface area contributed by atoms with Gasteiger partial charge in [0.15, 0.2) is 0 Å². The van der Waals surface area contributed by atoms with Gasteiger partial charge >= 0.3 is 12.1 Å². The Morgan fingerprint density at radius 1 is 1.06 bits per heavy atom. The van der Waals surface area contributed by atoms with E-state index in [1.807, 2.05) is 31.2 Å². The number of carbonyl (C=O) groups excluding carboxylic acids is 4. The van der Waals surface area contributed by atoms with E-state index in [1.165, 1.54) is 4.90 Å². The zero-order valence-corrected chi connectivity index (χ0v) is 23.3. The lowest BCUT2D eigenvalue weighted by Gasteiger charge is -2.37. The molecule has 0 radical (unpaired) electrons. The Labute approximate surface area is 220 Å². The van der Waals surface area contributed by atoms with Gasteiger partial charge in [-0.1, -0.05) is 31.2 Å². The first-order chi connectivity index (χ1) is 16.8. The minimum Gasteiger partial charge on any atom is -0.466 e. The van der Waals surface area contributed by atoms with Gasteiger partial charge in [-0.3, -0.25) is 14.4 Å². The molecular formula is C26H41N3O6S. The van der Waals surface area contributed by atoms with Gasteiger partial charge in [0.1, 0.15) is 17.7 Å². The van der Waals surface area contributed by atoms with E-state index in [4.69, 9.17) is 9.47 Å². The van der Waals surface area contributed by atoms with E-state index < -0.39 is 47.6 Å². The molecular weight excluding hydrogens is 482 g/mol. The van der Waals surface area contributed by atoms with Crippen LogP contribution in [0.25, 0.3) is 0 Å². The molecule has 0 bridgehead atoms. The van der Waals surface area contributed by atoms with E-state index in [1.54, 1.807) is 41.5 Å². The molecule has 0 saturated carbocycles. The van der Waals surface area contributed by atoms with Crippen molar-refractivity contribution in [2.75, 3.05) is 18.9 Å². The molecule has 36 heavy (non-hydrogen) atoms. The number of aryl methyl sites for hydroxylation is 1. The Hall–Kier alpha value is -2.75. The van der Waals surface area contributed by atoms with Crippen molar-refractivity contribution in [3.63, 3.8) is 0 Å². The van der Waals surface area contributed by atoms with Crippen LogP contribution in [-0.4, -0.2) is 65.4 Å². The SMILES string of the molecule is CCOC(=O)CCNC(=O)C(c1ccc(CC)cc1)N(C(=O)C(CS)NC(=O)OC(C)(C)C)C(C)C. The van der Waals surface area contributed by atoms with Gasteiger partial charge in [-0.15, -0.1) is 0 Å². The summed E-state index contributed by atoms with van der Waals surface area (Å²) in [5.41, 5.74) is 0.953. The Morgan fingerprint density at radius 2 is 1.67 bits per heavy atom. The second-order valence-electron chi connectivity index (χ2n) is 9.56. The number of esters is 1. The van der Waals surface area contributed by atoms with Crippen LogP contribution in [0.2, 0.25) is 0 Å². The van der Waals surface area contributed by atoms with Crippen LogP contribution >= 0.6 is 12.6 Å². The van der Waals surface area contributed by atoms with Gasteiger partial charge in [0.05, 0.1) is 13.0 Å². The average molecular weight is 524 g/mol. The topological polar surface area (TPSA) is 114 Å². The second kappa shape index (κ2) is 14.7. The van der Waals surface area contributed by atoms with Crippen LogP contribution in [0.3, 0.4) is 0 Å². The van der Waals surface area contributed by atoms with Gasteiger partial charge in [-0.05, 0) is 59.1 Å². The summed E-state index contributed by atoms with van der Waals surface area (Å²) in [6, 6.07) is 5.04. The standard InChI is InChI=1S/C26H41N3O6S/c1-8-18-10-12-19(13-11-18)22(23(31)27-15-14-21(30)34-9-2)29(17(3)4)24(32)20(16-36)28-25(33)35-26(5,6)7/h10-13,17,20,22,36H,8-9,14-16H2,1-7H3,(H,27,31)(H,28,33). The van der Waals surface area contributed by atoms with Crippen molar-refractivity contribution >= 4 is 36.5 Å². The molecule has 10 heteroatoms. The molecule has 2 unspecified atom stereocenters. The third-order valence-electron chi connectivity index (χ3n) is 5.15. The molecule has 202 valence electrons. The van der Waals surface area contributed by atoms with Crippen molar-refractivity contribution in [3.8, 4) is 0 Å². The third-order valence-corrected chi connectivity index (χ3v) is 5.51. The molecule has 0 aliphatic heterocycles. The summed E-state index contributed by atoms with van der Waals surface area (Å²) in [5, 5.41) is 5.33. The molecule has 2 atom stereocenters. The number of nitrogens with zero attached hydrogens (tertiary/aromatic N) is 1. The van der Waals surface area contributed by atoms with E-state index in [2.05, 4.69) is 23.3 Å². The Kier molecular flexibility index (Phi) is 12.8. The van der Waals surface area contributed by atoms with E-state index >= 15 is 0 Å². The van der Waals surface area contributed by atoms with Gasteiger partial charge in [0.2, 0.25) is 11.8 Å². The highest BCUT2D eigenvalue weighted by Crippen LogP contribution is 2.26. The Morgan fingerprint density at radius 3 is 2.14 bits per heavy atom. The van der Waals surface area contributed by atoms with Crippen LogP contribution in [0, 0.1) is 0 Å². The largest absolute Gasteiger partial charge is 0.466 e. The summed E-state index contributed by atoms with van der Waals surface area (Å²) in [5.74, 6) is -1.33. The van der Waals surface area contributed by atoms with Crippen molar-refractivity contribution in [2.45, 2.75) is 85.0 Å². The highest BCUT2D eigenvalue weighted by molar-refractivity contribution is 7.80. The highest BCUT2D eigenvalue weighted by Gasteiger charge is 2.37. The molecule has 1 aromatic rings. The molecule has 0 aliphatic rings. The molecule has 0 spiro atoms. The van der Waals surface area contributed by atoms with Crippen molar-refractivity contribution < 1.29 is 28.7 Å². The number of benzene rings is 1. The number of thiol groups is 1. The van der Waals surface area contributed by atoms with E-state index in [0.717, 1.165) is 12.0 Å². The van der Waals surface area contributed by atoms with Crippen molar-refractivity contribution in [2.24, 2.45) is 0 Å². The molecule has 1 aromatic carbocycles. The number of nitrogens with one attached hydrogen (secondary N) is 2. The molecule has 3 amide bonds. The minimum atomic E-state index is -1.02. The molecule has 0 fully saturated rings. The van der Waals surface area contributed by atoms with Crippen LogP contribution in [0.5, 0.6) is 0 Å². The van der Waals surface area contributed by atoms with Crippen LogP contribution in [0.1, 0.15) is 72.1 Å². The smallest absolute Gasteiger partial charge is 0.408 e. The van der Waals surface area contributed by atoms with Crippen molar-refractivity contribution in [1.29, 1.82) is 0 Å². The fourth-order valence-electron chi connectivity index (χ4n) is 3.49. The summed E-state index contributed by atoms with van der Waals surface area (Å²) in [6.07, 6.45) is 0.0858. The molecule has 9 nitrogen and oxygen atoms in total. The predicted molar refractivity (Wildman–Crippen MR) is 142 cm³/mol. The molecule has 2 N–H and O–H groups in total. The number of hydrogen-bond acceptors (Lipinski definition) is 7. The maximum atomic E-state index is 13.7. The third kappa shape index (κ3) is 10.1. The van der Waals surface area contributed by atoms with Gasteiger partial charge in [-0.25, -0.2) is 4.79 Å². The number of amides is 3. The maximum Gasteiger partial charge on any atom is 0.408 e. The van der Waals surface area contributed by atoms with Gasteiger partial charge in [0, 0.05) is 18.3 Å². The number of alkyl carbamates (subject to hydrolysis) is 1. The summed E-state index contributed by atoms with van der Waals surface area (Å²) < 4.78 is 10.2. The lowest BCUT2D eigenvalue weighted by molar-refractivity contribution is -0.145. The summed E-state index contributed by atoms with van der Waals surface area (Å²) >= 11 is 4.27. The van der Waals surface area contributed by atoms with Gasteiger partial charge in [0.25, 0.3) is 0 Å².